The number of carbonyl (C=O) groups excluding carboxylic acids is 2. The Bertz CT molecular complexity index is 524. The predicted molar refractivity (Wildman–Crippen MR) is 79.1 cm³/mol. The number of carbonyl (C=O) groups is 2. The zero-order valence-corrected chi connectivity index (χ0v) is 12.7. The molecule has 114 valence electrons. The number of aryl methyl sites for hydroxylation is 1. The molecule has 1 N–H and O–H groups in total. The van der Waals surface area contributed by atoms with Crippen molar-refractivity contribution in [2.75, 3.05) is 31.5 Å². The molecule has 0 aromatic carbocycles. The molecule has 1 fully saturated rings. The zero-order valence-electron chi connectivity index (χ0n) is 12.7. The van der Waals surface area contributed by atoms with Crippen molar-refractivity contribution in [3.8, 4) is 0 Å². The molecular weight excluding hydrogens is 270 g/mol. The van der Waals surface area contributed by atoms with E-state index in [1.807, 2.05) is 13.8 Å². The molecule has 0 atom stereocenters. The largest absolute Gasteiger partial charge is 0.368 e. The number of nitrogens with zero attached hydrogens (tertiary/aromatic N) is 4. The molecular formula is C14H21N5O2. The molecule has 2 rings (SSSR count). The van der Waals surface area contributed by atoms with Crippen LogP contribution in [0.5, 0.6) is 0 Å². The molecule has 2 heterocycles. The molecule has 21 heavy (non-hydrogen) atoms. The third-order valence-corrected chi connectivity index (χ3v) is 3.24. The summed E-state index contributed by atoms with van der Waals surface area (Å²) in [4.78, 5) is 35.1. The van der Waals surface area contributed by atoms with E-state index in [1.54, 1.807) is 22.8 Å². The van der Waals surface area contributed by atoms with E-state index < -0.39 is 0 Å². The summed E-state index contributed by atoms with van der Waals surface area (Å²) in [5.74, 6) is 1.11. The average Bonchev–Trinajstić information content (AvgIpc) is 2.45. The van der Waals surface area contributed by atoms with Gasteiger partial charge in [0.2, 0.25) is 6.41 Å². The third-order valence-electron chi connectivity index (χ3n) is 3.24. The van der Waals surface area contributed by atoms with E-state index in [0.29, 0.717) is 43.5 Å². The van der Waals surface area contributed by atoms with E-state index >= 15 is 0 Å². The number of hydrogen-bond acceptors (Lipinski definition) is 5. The Balaban J connectivity index is 2.12. The lowest BCUT2D eigenvalue weighted by atomic mass is 10.2. The number of nitrogens with one attached hydrogen (secondary N) is 1. The molecule has 1 saturated heterocycles. The first-order valence-electron chi connectivity index (χ1n) is 7.10. The first-order chi connectivity index (χ1) is 9.99. The van der Waals surface area contributed by atoms with E-state index in [9.17, 15) is 9.59 Å². The molecule has 0 radical (unpaired) electrons. The summed E-state index contributed by atoms with van der Waals surface area (Å²) in [6.45, 7) is 8.00. The van der Waals surface area contributed by atoms with Crippen molar-refractivity contribution in [3.05, 3.63) is 17.6 Å². The minimum atomic E-state index is -0.113. The van der Waals surface area contributed by atoms with Crippen molar-refractivity contribution in [3.63, 3.8) is 0 Å². The summed E-state index contributed by atoms with van der Waals surface area (Å²) in [5.41, 5.74) is 0.394. The van der Waals surface area contributed by atoms with Crippen LogP contribution in [-0.2, 0) is 4.79 Å². The van der Waals surface area contributed by atoms with Gasteiger partial charge < -0.3 is 15.1 Å². The van der Waals surface area contributed by atoms with Gasteiger partial charge in [-0.05, 0) is 20.8 Å². The number of aromatic nitrogens is 2. The predicted octanol–water partition coefficient (Wildman–Crippen LogP) is 0.520. The highest BCUT2D eigenvalue weighted by atomic mass is 16.2. The monoisotopic (exact) mass is 291 g/mol. The summed E-state index contributed by atoms with van der Waals surface area (Å²) >= 11 is 0. The molecule has 0 saturated carbocycles. The van der Waals surface area contributed by atoms with E-state index in [0.717, 1.165) is 6.41 Å². The molecule has 1 aromatic rings. The number of rotatable bonds is 4. The normalized spacial score (nSPS) is 15.2. The number of amides is 2. The van der Waals surface area contributed by atoms with Gasteiger partial charge in [0.25, 0.3) is 5.91 Å². The van der Waals surface area contributed by atoms with E-state index in [1.165, 1.54) is 0 Å². The van der Waals surface area contributed by atoms with Crippen molar-refractivity contribution in [1.29, 1.82) is 0 Å². The lowest BCUT2D eigenvalue weighted by molar-refractivity contribution is -0.119. The second-order valence-electron chi connectivity index (χ2n) is 5.42. The van der Waals surface area contributed by atoms with Crippen molar-refractivity contribution < 1.29 is 9.59 Å². The molecule has 2 amide bonds. The van der Waals surface area contributed by atoms with Crippen LogP contribution in [0.25, 0.3) is 0 Å². The van der Waals surface area contributed by atoms with Gasteiger partial charge in [0.05, 0.1) is 0 Å². The molecule has 1 aliphatic heterocycles. The van der Waals surface area contributed by atoms with Crippen LogP contribution in [0.15, 0.2) is 6.07 Å². The van der Waals surface area contributed by atoms with E-state index in [-0.39, 0.29) is 11.9 Å². The topological polar surface area (TPSA) is 78.4 Å². The van der Waals surface area contributed by atoms with Gasteiger partial charge in [0.15, 0.2) is 0 Å². The Hall–Kier alpha value is -2.18. The van der Waals surface area contributed by atoms with Crippen LogP contribution in [0.2, 0.25) is 0 Å². The molecule has 1 aliphatic rings. The SMILES string of the molecule is Cc1nc(NC(C)C)cc(C(=O)N2CCN(C=O)CC2)n1. The second kappa shape index (κ2) is 6.51. The van der Waals surface area contributed by atoms with Crippen LogP contribution in [0.1, 0.15) is 30.2 Å². The molecule has 1 aromatic heterocycles. The van der Waals surface area contributed by atoms with Gasteiger partial charge in [0, 0.05) is 38.3 Å². The summed E-state index contributed by atoms with van der Waals surface area (Å²) in [6, 6.07) is 1.92. The summed E-state index contributed by atoms with van der Waals surface area (Å²) in [5, 5.41) is 3.18. The minimum Gasteiger partial charge on any atom is -0.368 e. The Morgan fingerprint density at radius 1 is 1.29 bits per heavy atom. The van der Waals surface area contributed by atoms with Crippen molar-refractivity contribution in [2.45, 2.75) is 26.8 Å². The van der Waals surface area contributed by atoms with Gasteiger partial charge in [-0.1, -0.05) is 0 Å². The zero-order chi connectivity index (χ0) is 15.4. The lowest BCUT2D eigenvalue weighted by Crippen LogP contribution is -2.48. The second-order valence-corrected chi connectivity index (χ2v) is 5.42. The molecule has 0 bridgehead atoms. The fourth-order valence-electron chi connectivity index (χ4n) is 2.24. The van der Waals surface area contributed by atoms with Crippen LogP contribution >= 0.6 is 0 Å². The van der Waals surface area contributed by atoms with Crippen molar-refractivity contribution in [2.24, 2.45) is 0 Å². The molecule has 0 spiro atoms. The fourth-order valence-corrected chi connectivity index (χ4v) is 2.24. The minimum absolute atomic E-state index is 0.113. The standard InChI is InChI=1S/C14H21N5O2/c1-10(2)15-13-8-12(16-11(3)17-13)14(21)19-6-4-18(9-20)5-7-19/h8-10H,4-7H2,1-3H3,(H,15,16,17). The molecule has 0 unspecified atom stereocenters. The summed E-state index contributed by atoms with van der Waals surface area (Å²) < 4.78 is 0. The molecule has 7 nitrogen and oxygen atoms in total. The maximum absolute atomic E-state index is 12.5. The fraction of sp³-hybridized carbons (Fsp3) is 0.571. The Kier molecular flexibility index (Phi) is 4.72. The van der Waals surface area contributed by atoms with Gasteiger partial charge in [-0.3, -0.25) is 9.59 Å². The Morgan fingerprint density at radius 3 is 2.52 bits per heavy atom. The number of anilines is 1. The maximum Gasteiger partial charge on any atom is 0.272 e. The summed E-state index contributed by atoms with van der Waals surface area (Å²) in [7, 11) is 0. The van der Waals surface area contributed by atoms with Crippen molar-refractivity contribution >= 4 is 18.1 Å². The van der Waals surface area contributed by atoms with Crippen LogP contribution in [-0.4, -0.2) is 64.3 Å². The Labute approximate surface area is 124 Å². The molecule has 0 aliphatic carbocycles. The van der Waals surface area contributed by atoms with Crippen LogP contribution < -0.4 is 5.32 Å². The smallest absolute Gasteiger partial charge is 0.272 e. The quantitative estimate of drug-likeness (QED) is 0.818. The van der Waals surface area contributed by atoms with Gasteiger partial charge in [0.1, 0.15) is 17.3 Å². The van der Waals surface area contributed by atoms with Crippen LogP contribution in [0, 0.1) is 6.92 Å². The highest BCUT2D eigenvalue weighted by Gasteiger charge is 2.23. The highest BCUT2D eigenvalue weighted by molar-refractivity contribution is 5.93. The first kappa shape index (κ1) is 15.2. The Morgan fingerprint density at radius 2 is 1.95 bits per heavy atom. The van der Waals surface area contributed by atoms with E-state index in [2.05, 4.69) is 15.3 Å². The number of hydrogen-bond donors (Lipinski definition) is 1. The maximum atomic E-state index is 12.5. The van der Waals surface area contributed by atoms with E-state index in [4.69, 9.17) is 0 Å². The van der Waals surface area contributed by atoms with Gasteiger partial charge in [-0.25, -0.2) is 9.97 Å². The third kappa shape index (κ3) is 3.90. The van der Waals surface area contributed by atoms with Gasteiger partial charge >= 0.3 is 0 Å². The van der Waals surface area contributed by atoms with Crippen molar-refractivity contribution in [1.82, 2.24) is 19.8 Å². The van der Waals surface area contributed by atoms with Crippen LogP contribution in [0.3, 0.4) is 0 Å². The van der Waals surface area contributed by atoms with Gasteiger partial charge in [-0.2, -0.15) is 0 Å². The molecule has 7 heteroatoms. The first-order valence-corrected chi connectivity index (χ1v) is 7.10. The summed E-state index contributed by atoms with van der Waals surface area (Å²) in [6.07, 6.45) is 0.821. The average molecular weight is 291 g/mol. The lowest BCUT2D eigenvalue weighted by Gasteiger charge is -2.32. The van der Waals surface area contributed by atoms with Gasteiger partial charge in [-0.15, -0.1) is 0 Å². The van der Waals surface area contributed by atoms with Crippen LogP contribution in [0.4, 0.5) is 5.82 Å². The highest BCUT2D eigenvalue weighted by Crippen LogP contribution is 2.12. The number of piperazine rings is 1.